The number of hydrogen-bond acceptors (Lipinski definition) is 5. The van der Waals surface area contributed by atoms with Crippen molar-refractivity contribution in [3.8, 4) is 0 Å². The predicted octanol–water partition coefficient (Wildman–Crippen LogP) is 0.802. The number of rotatable bonds is 4. The van der Waals surface area contributed by atoms with E-state index in [1.807, 2.05) is 6.92 Å². The van der Waals surface area contributed by atoms with Gasteiger partial charge < -0.3 is 15.3 Å². The third kappa shape index (κ3) is 2.37. The molecule has 2 amide bonds. The molecule has 0 spiro atoms. The number of amides is 2. The number of aromatic nitrogens is 2. The minimum atomic E-state index is -1.04. The monoisotopic (exact) mass is 372 g/mol. The highest BCUT2D eigenvalue weighted by Crippen LogP contribution is 2.50. The van der Waals surface area contributed by atoms with Crippen LogP contribution in [0.15, 0.2) is 6.20 Å². The van der Waals surface area contributed by atoms with Gasteiger partial charge in [0.2, 0.25) is 5.91 Å². The molecule has 0 aromatic carbocycles. The Labute approximate surface area is 147 Å². The first kappa shape index (κ1) is 17.1. The zero-order valence-corrected chi connectivity index (χ0v) is 14.9. The molecule has 2 fully saturated rings. The molecule has 10 heteroatoms. The summed E-state index contributed by atoms with van der Waals surface area (Å²) in [4.78, 5) is 37.6. The number of β-lactam (4-membered cyclic amide) rings is 1. The molecule has 1 aromatic rings. The van der Waals surface area contributed by atoms with Gasteiger partial charge in [0.05, 0.1) is 11.2 Å². The van der Waals surface area contributed by atoms with Crippen LogP contribution in [0.1, 0.15) is 31.3 Å². The first-order valence-electron chi connectivity index (χ1n) is 7.44. The van der Waals surface area contributed by atoms with Crippen molar-refractivity contribution in [2.24, 2.45) is 0 Å². The van der Waals surface area contributed by atoms with Crippen molar-refractivity contribution in [1.82, 2.24) is 20.0 Å². The lowest BCUT2D eigenvalue weighted by atomic mass is 9.96. The molecule has 2 aliphatic heterocycles. The second-order valence-electron chi connectivity index (χ2n) is 6.21. The van der Waals surface area contributed by atoms with Crippen LogP contribution in [-0.4, -0.2) is 59.8 Å². The molecule has 0 saturated carbocycles. The lowest BCUT2D eigenvalue weighted by molar-refractivity contribution is -0.159. The van der Waals surface area contributed by atoms with Gasteiger partial charge in [-0.1, -0.05) is 11.6 Å². The highest BCUT2D eigenvalue weighted by molar-refractivity contribution is 8.01. The normalized spacial score (nSPS) is 27.6. The van der Waals surface area contributed by atoms with E-state index >= 15 is 0 Å². The van der Waals surface area contributed by atoms with Crippen LogP contribution in [0.25, 0.3) is 0 Å². The summed E-state index contributed by atoms with van der Waals surface area (Å²) in [6, 6.07) is -1.67. The smallest absolute Gasteiger partial charge is 0.327 e. The summed E-state index contributed by atoms with van der Waals surface area (Å²) in [6.07, 6.45) is 1.38. The minimum Gasteiger partial charge on any atom is -0.480 e. The molecular weight excluding hydrogens is 356 g/mol. The highest BCUT2D eigenvalue weighted by atomic mass is 35.5. The fourth-order valence-electron chi connectivity index (χ4n) is 3.18. The maximum Gasteiger partial charge on any atom is 0.327 e. The van der Waals surface area contributed by atoms with E-state index in [0.717, 1.165) is 0 Å². The van der Waals surface area contributed by atoms with Gasteiger partial charge in [0.1, 0.15) is 23.2 Å². The van der Waals surface area contributed by atoms with Crippen LogP contribution in [0, 0.1) is 0 Å². The number of carbonyl (C=O) groups excluding carboxylic acids is 2. The summed E-state index contributed by atoms with van der Waals surface area (Å²) in [5, 5.41) is 15.9. The van der Waals surface area contributed by atoms with E-state index in [2.05, 4.69) is 10.4 Å². The summed E-state index contributed by atoms with van der Waals surface area (Å²) in [5.41, 5.74) is 0.197. The number of nitrogens with one attached hydrogen (secondary N) is 1. The first-order valence-corrected chi connectivity index (χ1v) is 8.69. The number of carboxylic acid groups (broad SMARTS) is 1. The molecule has 2 aliphatic rings. The fourth-order valence-corrected chi connectivity index (χ4v) is 5.04. The second-order valence-corrected chi connectivity index (χ2v) is 8.38. The predicted molar refractivity (Wildman–Crippen MR) is 87.9 cm³/mol. The number of aliphatic carboxylic acids is 1. The van der Waals surface area contributed by atoms with Crippen molar-refractivity contribution in [3.63, 3.8) is 0 Å². The van der Waals surface area contributed by atoms with Crippen molar-refractivity contribution in [3.05, 3.63) is 16.9 Å². The quantitative estimate of drug-likeness (QED) is 0.757. The number of halogens is 1. The number of carboxylic acids is 1. The average Bonchev–Trinajstić information content (AvgIpc) is 2.99. The Morgan fingerprint density at radius 1 is 1.50 bits per heavy atom. The molecule has 0 radical (unpaired) electrons. The van der Waals surface area contributed by atoms with Crippen molar-refractivity contribution in [1.29, 1.82) is 0 Å². The summed E-state index contributed by atoms with van der Waals surface area (Å²) in [7, 11) is 0. The van der Waals surface area contributed by atoms with Crippen molar-refractivity contribution in [2.45, 2.75) is 49.5 Å². The number of carbonyl (C=O) groups is 3. The summed E-state index contributed by atoms with van der Waals surface area (Å²) in [5.74, 6) is -1.92. The van der Waals surface area contributed by atoms with Crippen molar-refractivity contribution >= 4 is 41.1 Å². The van der Waals surface area contributed by atoms with Crippen LogP contribution < -0.4 is 5.32 Å². The summed E-state index contributed by atoms with van der Waals surface area (Å²) >= 11 is 7.37. The van der Waals surface area contributed by atoms with Crippen molar-refractivity contribution < 1.29 is 19.5 Å². The minimum absolute atomic E-state index is 0.197. The van der Waals surface area contributed by atoms with Crippen LogP contribution >= 0.6 is 23.4 Å². The van der Waals surface area contributed by atoms with E-state index < -0.39 is 40.0 Å². The van der Waals surface area contributed by atoms with Gasteiger partial charge in [0, 0.05) is 11.3 Å². The van der Waals surface area contributed by atoms with Gasteiger partial charge in [-0.25, -0.2) is 4.79 Å². The van der Waals surface area contributed by atoms with E-state index in [1.54, 1.807) is 13.8 Å². The van der Waals surface area contributed by atoms with E-state index in [-0.39, 0.29) is 10.7 Å². The van der Waals surface area contributed by atoms with Crippen LogP contribution in [-0.2, 0) is 16.1 Å². The second kappa shape index (κ2) is 5.66. The third-order valence-corrected chi connectivity index (χ3v) is 6.12. The van der Waals surface area contributed by atoms with E-state index in [0.29, 0.717) is 6.54 Å². The largest absolute Gasteiger partial charge is 0.480 e. The maximum absolute atomic E-state index is 12.5. The Morgan fingerprint density at radius 3 is 2.75 bits per heavy atom. The van der Waals surface area contributed by atoms with Gasteiger partial charge in [-0.15, -0.1) is 11.8 Å². The Bertz CT molecular complexity index is 734. The molecule has 0 bridgehead atoms. The van der Waals surface area contributed by atoms with Crippen LogP contribution in [0.4, 0.5) is 0 Å². The Kier molecular flexibility index (Phi) is 4.03. The molecule has 8 nitrogen and oxygen atoms in total. The zero-order chi connectivity index (χ0) is 17.8. The van der Waals surface area contributed by atoms with Gasteiger partial charge in [0.15, 0.2) is 0 Å². The Hall–Kier alpha value is -1.74. The Morgan fingerprint density at radius 2 is 2.17 bits per heavy atom. The molecule has 3 rings (SSSR count). The number of aryl methyl sites for hydroxylation is 1. The fraction of sp³-hybridized carbons (Fsp3) is 0.571. The molecule has 24 heavy (non-hydrogen) atoms. The molecule has 3 heterocycles. The first-order chi connectivity index (χ1) is 11.2. The molecule has 1 aromatic heterocycles. The number of fused-ring (bicyclic) bond motifs is 1. The molecule has 2 N–H and O–H groups in total. The molecule has 130 valence electrons. The van der Waals surface area contributed by atoms with Gasteiger partial charge in [-0.2, -0.15) is 5.10 Å². The highest BCUT2D eigenvalue weighted by Gasteiger charge is 2.64. The van der Waals surface area contributed by atoms with E-state index in [4.69, 9.17) is 11.6 Å². The van der Waals surface area contributed by atoms with Gasteiger partial charge in [0.25, 0.3) is 5.91 Å². The van der Waals surface area contributed by atoms with Crippen LogP contribution in [0.2, 0.25) is 5.02 Å². The Balaban J connectivity index is 1.79. The molecule has 3 atom stereocenters. The average molecular weight is 373 g/mol. The lowest BCUT2D eigenvalue weighted by Crippen LogP contribution is -2.70. The molecule has 0 aliphatic carbocycles. The standard InChI is InChI=1S/C14H17ClN4O4S/c1-4-18-8(6(15)5-16-18)10(20)17-7-11(21)19-9(13(22)23)14(2,3)24-12(7)19/h5,7,9,12H,4H2,1-3H3,(H,17,20)(H,22,23)/t7-,9+,12-/m1/s1. The topological polar surface area (TPSA) is 105 Å². The number of nitrogens with zero attached hydrogens (tertiary/aromatic N) is 3. The third-order valence-electron chi connectivity index (χ3n) is 4.27. The molecule has 0 unspecified atom stereocenters. The molecular formula is C14H17ClN4O4S. The maximum atomic E-state index is 12.5. The SMILES string of the molecule is CCn1ncc(Cl)c1C(=O)N[C@@H]1C(=O)N2[C@@H]1SC(C)(C)[C@@H]2C(=O)O. The summed E-state index contributed by atoms with van der Waals surface area (Å²) in [6.45, 7) is 5.85. The summed E-state index contributed by atoms with van der Waals surface area (Å²) < 4.78 is 0.818. The lowest BCUT2D eigenvalue weighted by Gasteiger charge is -2.43. The van der Waals surface area contributed by atoms with Gasteiger partial charge in [-0.05, 0) is 20.8 Å². The van der Waals surface area contributed by atoms with E-state index in [1.165, 1.54) is 27.5 Å². The number of thioether (sulfide) groups is 1. The number of hydrogen-bond donors (Lipinski definition) is 2. The van der Waals surface area contributed by atoms with Crippen LogP contribution in [0.5, 0.6) is 0 Å². The zero-order valence-electron chi connectivity index (χ0n) is 13.3. The van der Waals surface area contributed by atoms with Gasteiger partial charge >= 0.3 is 5.97 Å². The molecule has 2 saturated heterocycles. The van der Waals surface area contributed by atoms with Crippen LogP contribution in [0.3, 0.4) is 0 Å². The van der Waals surface area contributed by atoms with E-state index in [9.17, 15) is 19.5 Å². The van der Waals surface area contributed by atoms with Crippen molar-refractivity contribution in [2.75, 3.05) is 0 Å². The van der Waals surface area contributed by atoms with Gasteiger partial charge in [-0.3, -0.25) is 14.3 Å².